The zero-order valence-corrected chi connectivity index (χ0v) is 12.4. The average molecular weight is 274 g/mol. The van der Waals surface area contributed by atoms with Gasteiger partial charge in [0, 0.05) is 18.1 Å². The van der Waals surface area contributed by atoms with E-state index in [1.807, 2.05) is 30.3 Å². The summed E-state index contributed by atoms with van der Waals surface area (Å²) in [6.07, 6.45) is 6.53. The molecule has 2 aliphatic rings. The Balaban J connectivity index is 1.31. The molecule has 2 saturated heterocycles. The van der Waals surface area contributed by atoms with Gasteiger partial charge in [-0.25, -0.2) is 0 Å². The molecular weight excluding hydrogens is 248 g/mol. The van der Waals surface area contributed by atoms with Crippen molar-refractivity contribution in [3.8, 4) is 5.75 Å². The molecule has 3 rings (SSSR count). The standard InChI is InChI=1S/C17H26N2O/c1-19-15-8-9-16(19)13-14(12-15)18-10-5-11-20-17-6-3-2-4-7-17/h2-4,6-7,14-16,18H,5,8-13H2,1H3. The molecule has 20 heavy (non-hydrogen) atoms. The van der Waals surface area contributed by atoms with E-state index >= 15 is 0 Å². The monoisotopic (exact) mass is 274 g/mol. The summed E-state index contributed by atoms with van der Waals surface area (Å²) in [5.41, 5.74) is 0. The maximum atomic E-state index is 5.72. The molecule has 0 aliphatic carbocycles. The van der Waals surface area contributed by atoms with Crippen LogP contribution in [0.1, 0.15) is 32.1 Å². The van der Waals surface area contributed by atoms with Crippen LogP contribution in [-0.2, 0) is 0 Å². The quantitative estimate of drug-likeness (QED) is 0.807. The number of nitrogens with zero attached hydrogens (tertiary/aromatic N) is 1. The number of ether oxygens (including phenoxy) is 1. The van der Waals surface area contributed by atoms with Crippen LogP contribution >= 0.6 is 0 Å². The Bertz CT molecular complexity index is 395. The van der Waals surface area contributed by atoms with Gasteiger partial charge in [-0.1, -0.05) is 18.2 Å². The Kier molecular flexibility index (Phi) is 4.58. The van der Waals surface area contributed by atoms with Crippen molar-refractivity contribution in [3.63, 3.8) is 0 Å². The van der Waals surface area contributed by atoms with Gasteiger partial charge in [-0.15, -0.1) is 0 Å². The Morgan fingerprint density at radius 1 is 1.15 bits per heavy atom. The summed E-state index contributed by atoms with van der Waals surface area (Å²) >= 11 is 0. The van der Waals surface area contributed by atoms with Crippen molar-refractivity contribution >= 4 is 0 Å². The number of benzene rings is 1. The van der Waals surface area contributed by atoms with E-state index in [2.05, 4.69) is 17.3 Å². The molecule has 2 heterocycles. The highest BCUT2D eigenvalue weighted by Gasteiger charge is 2.37. The van der Waals surface area contributed by atoms with Gasteiger partial charge in [0.05, 0.1) is 6.61 Å². The molecule has 0 amide bonds. The van der Waals surface area contributed by atoms with Crippen molar-refractivity contribution in [2.75, 3.05) is 20.2 Å². The summed E-state index contributed by atoms with van der Waals surface area (Å²) in [6, 6.07) is 12.5. The third-order valence-electron chi connectivity index (χ3n) is 4.86. The van der Waals surface area contributed by atoms with E-state index < -0.39 is 0 Å². The van der Waals surface area contributed by atoms with Gasteiger partial charge in [0.1, 0.15) is 5.75 Å². The molecule has 2 bridgehead atoms. The summed E-state index contributed by atoms with van der Waals surface area (Å²) in [7, 11) is 2.30. The first-order valence-electron chi connectivity index (χ1n) is 7.96. The lowest BCUT2D eigenvalue weighted by Gasteiger charge is -2.36. The van der Waals surface area contributed by atoms with Crippen molar-refractivity contribution in [1.82, 2.24) is 10.2 Å². The van der Waals surface area contributed by atoms with Crippen LogP contribution in [0.4, 0.5) is 0 Å². The zero-order valence-electron chi connectivity index (χ0n) is 12.4. The average Bonchev–Trinajstić information content (AvgIpc) is 2.70. The summed E-state index contributed by atoms with van der Waals surface area (Å²) in [5, 5.41) is 3.72. The van der Waals surface area contributed by atoms with E-state index in [1.165, 1.54) is 25.7 Å². The lowest BCUT2D eigenvalue weighted by Crippen LogP contribution is -2.47. The number of piperidine rings is 1. The third-order valence-corrected chi connectivity index (χ3v) is 4.86. The van der Waals surface area contributed by atoms with Crippen molar-refractivity contribution < 1.29 is 4.74 Å². The minimum atomic E-state index is 0.723. The molecule has 0 spiro atoms. The number of para-hydroxylation sites is 1. The highest BCUT2D eigenvalue weighted by molar-refractivity contribution is 5.20. The maximum Gasteiger partial charge on any atom is 0.119 e. The first-order valence-corrected chi connectivity index (χ1v) is 7.96. The van der Waals surface area contributed by atoms with E-state index in [1.54, 1.807) is 0 Å². The number of rotatable bonds is 6. The molecule has 0 saturated carbocycles. The summed E-state index contributed by atoms with van der Waals surface area (Å²) in [5.74, 6) is 0.977. The minimum absolute atomic E-state index is 0.723. The van der Waals surface area contributed by atoms with E-state index in [-0.39, 0.29) is 0 Å². The molecule has 1 N–H and O–H groups in total. The number of hydrogen-bond acceptors (Lipinski definition) is 3. The normalized spacial score (nSPS) is 29.6. The van der Waals surface area contributed by atoms with Crippen molar-refractivity contribution in [1.29, 1.82) is 0 Å². The smallest absolute Gasteiger partial charge is 0.119 e. The van der Waals surface area contributed by atoms with Gasteiger partial charge in [0.2, 0.25) is 0 Å². The molecule has 110 valence electrons. The van der Waals surface area contributed by atoms with Gasteiger partial charge in [-0.05, 0) is 57.8 Å². The third kappa shape index (κ3) is 3.33. The number of fused-ring (bicyclic) bond motifs is 2. The maximum absolute atomic E-state index is 5.72. The molecule has 3 heteroatoms. The molecule has 0 radical (unpaired) electrons. The molecule has 2 unspecified atom stereocenters. The summed E-state index contributed by atoms with van der Waals surface area (Å²) in [6.45, 7) is 1.87. The second kappa shape index (κ2) is 6.59. The van der Waals surface area contributed by atoms with E-state index in [4.69, 9.17) is 4.74 Å². The van der Waals surface area contributed by atoms with Crippen molar-refractivity contribution in [3.05, 3.63) is 30.3 Å². The van der Waals surface area contributed by atoms with Gasteiger partial charge in [0.25, 0.3) is 0 Å². The molecule has 2 fully saturated rings. The van der Waals surface area contributed by atoms with Gasteiger partial charge in [-0.2, -0.15) is 0 Å². The van der Waals surface area contributed by atoms with E-state index in [0.29, 0.717) is 0 Å². The van der Waals surface area contributed by atoms with Crippen LogP contribution in [0.3, 0.4) is 0 Å². The Morgan fingerprint density at radius 2 is 1.85 bits per heavy atom. The largest absolute Gasteiger partial charge is 0.494 e. The topological polar surface area (TPSA) is 24.5 Å². The predicted molar refractivity (Wildman–Crippen MR) is 82.2 cm³/mol. The van der Waals surface area contributed by atoms with Crippen LogP contribution in [0.5, 0.6) is 5.75 Å². The van der Waals surface area contributed by atoms with Crippen LogP contribution in [0.2, 0.25) is 0 Å². The van der Waals surface area contributed by atoms with Crippen LogP contribution in [0.15, 0.2) is 30.3 Å². The molecule has 1 aromatic carbocycles. The fourth-order valence-electron chi connectivity index (χ4n) is 3.66. The molecule has 1 aromatic rings. The molecule has 3 nitrogen and oxygen atoms in total. The SMILES string of the molecule is CN1C2CCC1CC(NCCCOc1ccccc1)C2. The van der Waals surface area contributed by atoms with Crippen molar-refractivity contribution in [2.24, 2.45) is 0 Å². The number of nitrogens with one attached hydrogen (secondary N) is 1. The molecule has 2 atom stereocenters. The predicted octanol–water partition coefficient (Wildman–Crippen LogP) is 2.67. The van der Waals surface area contributed by atoms with Crippen LogP contribution in [0, 0.1) is 0 Å². The minimum Gasteiger partial charge on any atom is -0.494 e. The first-order chi connectivity index (χ1) is 9.83. The molecule has 0 aromatic heterocycles. The zero-order chi connectivity index (χ0) is 13.8. The van der Waals surface area contributed by atoms with Gasteiger partial charge >= 0.3 is 0 Å². The lowest BCUT2D eigenvalue weighted by molar-refractivity contribution is 0.148. The van der Waals surface area contributed by atoms with Crippen molar-refractivity contribution in [2.45, 2.75) is 50.2 Å². The lowest BCUT2D eigenvalue weighted by atomic mass is 9.98. The number of hydrogen-bond donors (Lipinski definition) is 1. The first kappa shape index (κ1) is 13.9. The fourth-order valence-corrected chi connectivity index (χ4v) is 3.66. The van der Waals surface area contributed by atoms with Gasteiger partial charge in [-0.3, -0.25) is 0 Å². The van der Waals surface area contributed by atoms with E-state index in [9.17, 15) is 0 Å². The van der Waals surface area contributed by atoms with Gasteiger partial charge < -0.3 is 15.0 Å². The van der Waals surface area contributed by atoms with Crippen LogP contribution < -0.4 is 10.1 Å². The fraction of sp³-hybridized carbons (Fsp3) is 0.647. The highest BCUT2D eigenvalue weighted by atomic mass is 16.5. The van der Waals surface area contributed by atoms with E-state index in [0.717, 1.165) is 43.4 Å². The summed E-state index contributed by atoms with van der Waals surface area (Å²) in [4.78, 5) is 2.59. The summed E-state index contributed by atoms with van der Waals surface area (Å²) < 4.78 is 5.72. The Hall–Kier alpha value is -1.06. The Morgan fingerprint density at radius 3 is 2.55 bits per heavy atom. The Labute approximate surface area is 122 Å². The van der Waals surface area contributed by atoms with Gasteiger partial charge in [0.15, 0.2) is 0 Å². The second-order valence-corrected chi connectivity index (χ2v) is 6.19. The molecular formula is C17H26N2O. The van der Waals surface area contributed by atoms with Crippen LogP contribution in [-0.4, -0.2) is 43.2 Å². The molecule has 2 aliphatic heterocycles. The highest BCUT2D eigenvalue weighted by Crippen LogP contribution is 2.34. The van der Waals surface area contributed by atoms with Crippen LogP contribution in [0.25, 0.3) is 0 Å². The second-order valence-electron chi connectivity index (χ2n) is 6.19.